The van der Waals surface area contributed by atoms with Gasteiger partial charge in [-0.05, 0) is 31.9 Å². The van der Waals surface area contributed by atoms with Crippen LogP contribution in [0, 0.1) is 6.92 Å². The molecule has 0 saturated heterocycles. The lowest BCUT2D eigenvalue weighted by atomic mass is 9.92. The Morgan fingerprint density at radius 1 is 1.41 bits per heavy atom. The summed E-state index contributed by atoms with van der Waals surface area (Å²) in [5.41, 5.74) is 0. The standard InChI is InChI=1S/C12H15F2NOS/c1-8-2-3-10(17-8)11(16)15-9-4-6-12(13,14)7-5-9/h2-3,9H,4-7H2,1H3,(H,15,16). The van der Waals surface area contributed by atoms with Crippen LogP contribution >= 0.6 is 11.3 Å². The third-order valence-corrected chi connectivity index (χ3v) is 4.02. The molecule has 17 heavy (non-hydrogen) atoms. The molecule has 1 aromatic heterocycles. The summed E-state index contributed by atoms with van der Waals surface area (Å²) in [6, 6.07) is 3.55. The van der Waals surface area contributed by atoms with E-state index in [1.807, 2.05) is 13.0 Å². The Morgan fingerprint density at radius 2 is 2.06 bits per heavy atom. The first kappa shape index (κ1) is 12.5. The zero-order valence-corrected chi connectivity index (χ0v) is 10.4. The number of alkyl halides is 2. The highest BCUT2D eigenvalue weighted by molar-refractivity contribution is 7.13. The Kier molecular flexibility index (Phi) is 3.47. The number of aryl methyl sites for hydroxylation is 1. The van der Waals surface area contributed by atoms with Crippen molar-refractivity contribution >= 4 is 17.2 Å². The number of hydrogen-bond donors (Lipinski definition) is 1. The van der Waals surface area contributed by atoms with Gasteiger partial charge in [0.05, 0.1) is 4.88 Å². The highest BCUT2D eigenvalue weighted by Gasteiger charge is 2.35. The molecule has 0 aliphatic heterocycles. The lowest BCUT2D eigenvalue weighted by Crippen LogP contribution is -2.40. The molecule has 2 nitrogen and oxygen atoms in total. The van der Waals surface area contributed by atoms with Gasteiger partial charge in [0.25, 0.3) is 5.91 Å². The molecule has 0 spiro atoms. The fourth-order valence-corrected chi connectivity index (χ4v) is 2.77. The van der Waals surface area contributed by atoms with Crippen LogP contribution in [0.25, 0.3) is 0 Å². The van der Waals surface area contributed by atoms with Gasteiger partial charge in [0.1, 0.15) is 0 Å². The minimum Gasteiger partial charge on any atom is -0.349 e. The second-order valence-corrected chi connectivity index (χ2v) is 5.80. The van der Waals surface area contributed by atoms with Gasteiger partial charge < -0.3 is 5.32 Å². The molecule has 0 aromatic carbocycles. The zero-order chi connectivity index (χ0) is 12.5. The van der Waals surface area contributed by atoms with Crippen molar-refractivity contribution in [3.63, 3.8) is 0 Å². The minimum absolute atomic E-state index is 0.107. The Hall–Kier alpha value is -0.970. The van der Waals surface area contributed by atoms with Crippen molar-refractivity contribution < 1.29 is 13.6 Å². The summed E-state index contributed by atoms with van der Waals surface area (Å²) < 4.78 is 25.9. The van der Waals surface area contributed by atoms with Crippen molar-refractivity contribution in [2.75, 3.05) is 0 Å². The number of rotatable bonds is 2. The summed E-state index contributed by atoms with van der Waals surface area (Å²) in [7, 11) is 0. The van der Waals surface area contributed by atoms with Gasteiger partial charge in [-0.3, -0.25) is 4.79 Å². The maximum Gasteiger partial charge on any atom is 0.261 e. The summed E-state index contributed by atoms with van der Waals surface area (Å²) in [5.74, 6) is -2.68. The molecular weight excluding hydrogens is 244 g/mol. The molecule has 0 atom stereocenters. The number of halogens is 2. The number of carbonyl (C=O) groups is 1. The first-order valence-corrected chi connectivity index (χ1v) is 6.53. The summed E-state index contributed by atoms with van der Waals surface area (Å²) in [4.78, 5) is 13.5. The van der Waals surface area contributed by atoms with Crippen LogP contribution in [0.4, 0.5) is 8.78 Å². The molecule has 1 heterocycles. The van der Waals surface area contributed by atoms with E-state index in [1.54, 1.807) is 6.07 Å². The van der Waals surface area contributed by atoms with E-state index in [0.717, 1.165) is 4.88 Å². The van der Waals surface area contributed by atoms with Crippen LogP contribution in [0.2, 0.25) is 0 Å². The molecule has 1 saturated carbocycles. The summed E-state index contributed by atoms with van der Waals surface area (Å²) in [6.07, 6.45) is 0.481. The van der Waals surface area contributed by atoms with Gasteiger partial charge in [-0.1, -0.05) is 0 Å². The maximum absolute atomic E-state index is 12.9. The Morgan fingerprint density at radius 3 is 2.59 bits per heavy atom. The number of nitrogens with one attached hydrogen (secondary N) is 1. The van der Waals surface area contributed by atoms with E-state index in [4.69, 9.17) is 0 Å². The number of carbonyl (C=O) groups excluding carboxylic acids is 1. The molecule has 1 amide bonds. The smallest absolute Gasteiger partial charge is 0.261 e. The molecule has 0 bridgehead atoms. The predicted octanol–water partition coefficient (Wildman–Crippen LogP) is 3.36. The summed E-state index contributed by atoms with van der Waals surface area (Å²) in [6.45, 7) is 1.93. The Labute approximate surface area is 103 Å². The average molecular weight is 259 g/mol. The van der Waals surface area contributed by atoms with Gasteiger partial charge >= 0.3 is 0 Å². The van der Waals surface area contributed by atoms with Crippen molar-refractivity contribution in [1.82, 2.24) is 5.32 Å². The minimum atomic E-state index is -2.54. The quantitative estimate of drug-likeness (QED) is 0.867. The van der Waals surface area contributed by atoms with Crippen LogP contribution in [0.3, 0.4) is 0 Å². The largest absolute Gasteiger partial charge is 0.349 e. The van der Waals surface area contributed by atoms with Crippen molar-refractivity contribution in [2.45, 2.75) is 44.6 Å². The Balaban J connectivity index is 1.88. The lowest BCUT2D eigenvalue weighted by Gasteiger charge is -2.28. The predicted molar refractivity (Wildman–Crippen MR) is 63.7 cm³/mol. The lowest BCUT2D eigenvalue weighted by molar-refractivity contribution is -0.0399. The van der Waals surface area contributed by atoms with E-state index in [2.05, 4.69) is 5.32 Å². The molecule has 0 radical (unpaired) electrons. The van der Waals surface area contributed by atoms with Crippen LogP contribution < -0.4 is 5.32 Å². The van der Waals surface area contributed by atoms with Crippen LogP contribution in [0.1, 0.15) is 40.2 Å². The van der Waals surface area contributed by atoms with E-state index in [1.165, 1.54) is 11.3 Å². The number of hydrogen-bond acceptors (Lipinski definition) is 2. The molecule has 94 valence electrons. The van der Waals surface area contributed by atoms with E-state index in [0.29, 0.717) is 17.7 Å². The number of amides is 1. The molecule has 1 aliphatic carbocycles. The molecule has 2 rings (SSSR count). The third-order valence-electron chi connectivity index (χ3n) is 3.02. The SMILES string of the molecule is Cc1ccc(C(=O)NC2CCC(F)(F)CC2)s1. The number of thiophene rings is 1. The van der Waals surface area contributed by atoms with E-state index in [9.17, 15) is 13.6 Å². The summed E-state index contributed by atoms with van der Waals surface area (Å²) >= 11 is 1.42. The van der Waals surface area contributed by atoms with Gasteiger partial charge in [0, 0.05) is 23.8 Å². The van der Waals surface area contributed by atoms with Crippen LogP contribution in [0.15, 0.2) is 12.1 Å². The molecule has 1 fully saturated rings. The van der Waals surface area contributed by atoms with Crippen molar-refractivity contribution in [3.8, 4) is 0 Å². The fraction of sp³-hybridized carbons (Fsp3) is 0.583. The highest BCUT2D eigenvalue weighted by atomic mass is 32.1. The maximum atomic E-state index is 12.9. The molecular formula is C12H15F2NOS. The molecule has 0 unspecified atom stereocenters. The molecule has 1 aliphatic rings. The van der Waals surface area contributed by atoms with Crippen LogP contribution in [0.5, 0.6) is 0 Å². The third kappa shape index (κ3) is 3.25. The van der Waals surface area contributed by atoms with Gasteiger partial charge in [0.15, 0.2) is 0 Å². The second kappa shape index (κ2) is 4.72. The highest BCUT2D eigenvalue weighted by Crippen LogP contribution is 2.33. The molecule has 5 heteroatoms. The second-order valence-electron chi connectivity index (χ2n) is 4.51. The van der Waals surface area contributed by atoms with Gasteiger partial charge in [-0.15, -0.1) is 11.3 Å². The van der Waals surface area contributed by atoms with Crippen molar-refractivity contribution in [2.24, 2.45) is 0 Å². The van der Waals surface area contributed by atoms with Crippen molar-refractivity contribution in [1.29, 1.82) is 0 Å². The summed E-state index contributed by atoms with van der Waals surface area (Å²) in [5, 5.41) is 2.82. The van der Waals surface area contributed by atoms with E-state index >= 15 is 0 Å². The fourth-order valence-electron chi connectivity index (χ4n) is 2.00. The van der Waals surface area contributed by atoms with E-state index in [-0.39, 0.29) is 24.8 Å². The van der Waals surface area contributed by atoms with Crippen LogP contribution in [-0.2, 0) is 0 Å². The topological polar surface area (TPSA) is 29.1 Å². The monoisotopic (exact) mass is 259 g/mol. The first-order chi connectivity index (χ1) is 7.96. The van der Waals surface area contributed by atoms with Gasteiger partial charge in [0.2, 0.25) is 5.92 Å². The average Bonchev–Trinajstić information content (AvgIpc) is 2.68. The van der Waals surface area contributed by atoms with Crippen LogP contribution in [-0.4, -0.2) is 17.9 Å². The van der Waals surface area contributed by atoms with Gasteiger partial charge in [-0.25, -0.2) is 8.78 Å². The van der Waals surface area contributed by atoms with E-state index < -0.39 is 5.92 Å². The van der Waals surface area contributed by atoms with Gasteiger partial charge in [-0.2, -0.15) is 0 Å². The first-order valence-electron chi connectivity index (χ1n) is 5.71. The molecule has 1 aromatic rings. The molecule has 1 N–H and O–H groups in total. The zero-order valence-electron chi connectivity index (χ0n) is 9.63. The van der Waals surface area contributed by atoms with Crippen molar-refractivity contribution in [3.05, 3.63) is 21.9 Å². The Bertz CT molecular complexity index is 406. The normalized spacial score (nSPS) is 20.2.